The first-order chi connectivity index (χ1) is 9.69. The van der Waals surface area contributed by atoms with Crippen LogP contribution in [-0.2, 0) is 0 Å². The van der Waals surface area contributed by atoms with Crippen LogP contribution in [0.25, 0.3) is 16.7 Å². The van der Waals surface area contributed by atoms with Gasteiger partial charge in [-0.2, -0.15) is 5.10 Å². The third-order valence-electron chi connectivity index (χ3n) is 2.96. The smallest absolute Gasteiger partial charge is 0.276 e. The van der Waals surface area contributed by atoms with Crippen LogP contribution in [0.4, 0.5) is 11.5 Å². The predicted molar refractivity (Wildman–Crippen MR) is 75.1 cm³/mol. The zero-order valence-electron chi connectivity index (χ0n) is 10.6. The topological polar surface area (TPSA) is 85.9 Å². The zero-order valence-corrected chi connectivity index (χ0v) is 10.6. The van der Waals surface area contributed by atoms with E-state index in [0.717, 1.165) is 10.9 Å². The van der Waals surface area contributed by atoms with E-state index in [0.29, 0.717) is 11.6 Å². The van der Waals surface area contributed by atoms with E-state index in [2.05, 4.69) is 15.4 Å². The van der Waals surface area contributed by atoms with Crippen LogP contribution < -0.4 is 5.32 Å². The van der Waals surface area contributed by atoms with Crippen LogP contribution in [-0.4, -0.2) is 26.7 Å². The molecule has 1 N–H and O–H groups in total. The fourth-order valence-corrected chi connectivity index (χ4v) is 2.00. The molecule has 0 amide bonds. The monoisotopic (exact) mass is 269 g/mol. The molecule has 1 aromatic carbocycles. The van der Waals surface area contributed by atoms with Gasteiger partial charge in [-0.05, 0) is 6.07 Å². The van der Waals surface area contributed by atoms with Crippen molar-refractivity contribution in [2.24, 2.45) is 0 Å². The fourth-order valence-electron chi connectivity index (χ4n) is 2.00. The Kier molecular flexibility index (Phi) is 2.79. The van der Waals surface area contributed by atoms with Gasteiger partial charge in [0.25, 0.3) is 5.69 Å². The SMILES string of the molecule is CNc1cc([N+](=O)[O-])cc(-n2ncc3ccccc32)n1. The molecule has 0 aliphatic carbocycles. The number of aromatic nitrogens is 3. The summed E-state index contributed by atoms with van der Waals surface area (Å²) < 4.78 is 1.59. The van der Waals surface area contributed by atoms with Crippen molar-refractivity contribution in [3.05, 3.63) is 52.7 Å². The van der Waals surface area contributed by atoms with Crippen molar-refractivity contribution < 1.29 is 4.92 Å². The van der Waals surface area contributed by atoms with Crippen molar-refractivity contribution in [2.75, 3.05) is 12.4 Å². The normalized spacial score (nSPS) is 10.7. The zero-order chi connectivity index (χ0) is 14.1. The predicted octanol–water partition coefficient (Wildman–Crippen LogP) is 2.37. The Labute approximate surface area is 114 Å². The fraction of sp³-hybridized carbons (Fsp3) is 0.0769. The summed E-state index contributed by atoms with van der Waals surface area (Å²) in [6, 6.07) is 10.4. The van der Waals surface area contributed by atoms with Gasteiger partial charge in [-0.3, -0.25) is 10.1 Å². The highest BCUT2D eigenvalue weighted by Gasteiger charge is 2.13. The summed E-state index contributed by atoms with van der Waals surface area (Å²) in [5.74, 6) is 0.832. The Morgan fingerprint density at radius 3 is 2.85 bits per heavy atom. The highest BCUT2D eigenvalue weighted by Crippen LogP contribution is 2.22. The third kappa shape index (κ3) is 1.95. The largest absolute Gasteiger partial charge is 0.373 e. The number of nitro groups is 1. The number of fused-ring (bicyclic) bond motifs is 1. The Hall–Kier alpha value is -2.96. The van der Waals surface area contributed by atoms with Crippen LogP contribution in [0, 0.1) is 10.1 Å². The second kappa shape index (κ2) is 4.61. The van der Waals surface area contributed by atoms with Gasteiger partial charge in [-0.25, -0.2) is 9.67 Å². The van der Waals surface area contributed by atoms with Gasteiger partial charge in [-0.1, -0.05) is 18.2 Å². The van der Waals surface area contributed by atoms with Gasteiger partial charge >= 0.3 is 0 Å². The lowest BCUT2D eigenvalue weighted by Gasteiger charge is -2.05. The molecule has 2 aromatic heterocycles. The van der Waals surface area contributed by atoms with Crippen molar-refractivity contribution in [1.29, 1.82) is 0 Å². The van der Waals surface area contributed by atoms with Gasteiger partial charge in [0.05, 0.1) is 28.8 Å². The molecule has 0 aliphatic heterocycles. The second-order valence-corrected chi connectivity index (χ2v) is 4.19. The number of nitrogens with zero attached hydrogens (tertiary/aromatic N) is 4. The van der Waals surface area contributed by atoms with Gasteiger partial charge in [0.15, 0.2) is 5.82 Å². The quantitative estimate of drug-likeness (QED) is 0.582. The lowest BCUT2D eigenvalue weighted by Crippen LogP contribution is -2.04. The minimum absolute atomic E-state index is 0.0288. The maximum absolute atomic E-state index is 11.0. The molecule has 3 rings (SSSR count). The molecular weight excluding hydrogens is 258 g/mol. The van der Waals surface area contributed by atoms with Crippen molar-refractivity contribution in [3.8, 4) is 5.82 Å². The average Bonchev–Trinajstić information content (AvgIpc) is 2.90. The van der Waals surface area contributed by atoms with E-state index in [9.17, 15) is 10.1 Å². The number of para-hydroxylation sites is 1. The summed E-state index contributed by atoms with van der Waals surface area (Å²) in [6.07, 6.45) is 1.70. The molecule has 0 saturated carbocycles. The van der Waals surface area contributed by atoms with Crippen LogP contribution in [0.1, 0.15) is 0 Å². The van der Waals surface area contributed by atoms with Crippen molar-refractivity contribution in [3.63, 3.8) is 0 Å². The van der Waals surface area contributed by atoms with Crippen LogP contribution in [0.5, 0.6) is 0 Å². The van der Waals surface area contributed by atoms with E-state index >= 15 is 0 Å². The minimum Gasteiger partial charge on any atom is -0.373 e. The molecular formula is C13H11N5O2. The molecule has 3 aromatic rings. The molecule has 0 saturated heterocycles. The van der Waals surface area contributed by atoms with E-state index in [-0.39, 0.29) is 5.69 Å². The number of nitrogens with one attached hydrogen (secondary N) is 1. The van der Waals surface area contributed by atoms with Crippen LogP contribution in [0.2, 0.25) is 0 Å². The highest BCUT2D eigenvalue weighted by atomic mass is 16.6. The van der Waals surface area contributed by atoms with Crippen LogP contribution >= 0.6 is 0 Å². The summed E-state index contributed by atoms with van der Waals surface area (Å²) in [7, 11) is 1.66. The molecule has 0 unspecified atom stereocenters. The van der Waals surface area contributed by atoms with Crippen molar-refractivity contribution in [1.82, 2.24) is 14.8 Å². The first-order valence-electron chi connectivity index (χ1n) is 5.96. The number of hydrogen-bond acceptors (Lipinski definition) is 5. The Morgan fingerprint density at radius 2 is 2.10 bits per heavy atom. The Morgan fingerprint density at radius 1 is 1.30 bits per heavy atom. The number of benzene rings is 1. The molecule has 0 spiro atoms. The Balaban J connectivity index is 2.23. The summed E-state index contributed by atoms with van der Waals surface area (Å²) in [5.41, 5.74) is 0.821. The first kappa shape index (κ1) is 12.1. The third-order valence-corrected chi connectivity index (χ3v) is 2.96. The molecule has 0 radical (unpaired) electrons. The minimum atomic E-state index is -0.447. The molecule has 0 aliphatic rings. The summed E-state index contributed by atoms with van der Waals surface area (Å²) in [6.45, 7) is 0. The number of pyridine rings is 1. The molecule has 7 heteroatoms. The Bertz CT molecular complexity index is 796. The van der Waals surface area contributed by atoms with E-state index in [1.807, 2.05) is 24.3 Å². The van der Waals surface area contributed by atoms with Gasteiger partial charge < -0.3 is 5.32 Å². The molecule has 20 heavy (non-hydrogen) atoms. The first-order valence-corrected chi connectivity index (χ1v) is 5.96. The maximum Gasteiger partial charge on any atom is 0.276 e. The number of hydrogen-bond donors (Lipinski definition) is 1. The van der Waals surface area contributed by atoms with Gasteiger partial charge in [-0.15, -0.1) is 0 Å². The van der Waals surface area contributed by atoms with Crippen LogP contribution in [0.3, 0.4) is 0 Å². The molecule has 2 heterocycles. The molecule has 100 valence electrons. The van der Waals surface area contributed by atoms with E-state index < -0.39 is 4.92 Å². The standard InChI is InChI=1S/C13H11N5O2/c1-14-12-6-10(18(19)20)7-13(16-12)17-11-5-3-2-4-9(11)8-15-17/h2-8H,1H3,(H,14,16). The highest BCUT2D eigenvalue weighted by molar-refractivity contribution is 5.80. The van der Waals surface area contributed by atoms with Gasteiger partial charge in [0.1, 0.15) is 5.82 Å². The van der Waals surface area contributed by atoms with Crippen LogP contribution in [0.15, 0.2) is 42.6 Å². The average molecular weight is 269 g/mol. The lowest BCUT2D eigenvalue weighted by molar-refractivity contribution is -0.384. The van der Waals surface area contributed by atoms with E-state index in [4.69, 9.17) is 0 Å². The van der Waals surface area contributed by atoms with Gasteiger partial charge in [0.2, 0.25) is 0 Å². The summed E-state index contributed by atoms with van der Waals surface area (Å²) in [4.78, 5) is 14.8. The lowest BCUT2D eigenvalue weighted by atomic mass is 10.2. The van der Waals surface area contributed by atoms with E-state index in [1.165, 1.54) is 12.1 Å². The van der Waals surface area contributed by atoms with Crippen molar-refractivity contribution >= 4 is 22.4 Å². The summed E-state index contributed by atoms with van der Waals surface area (Å²) in [5, 5.41) is 19.0. The number of anilines is 1. The molecule has 0 fully saturated rings. The molecule has 0 atom stereocenters. The maximum atomic E-state index is 11.0. The summed E-state index contributed by atoms with van der Waals surface area (Å²) >= 11 is 0. The van der Waals surface area contributed by atoms with Gasteiger partial charge in [0, 0.05) is 12.4 Å². The second-order valence-electron chi connectivity index (χ2n) is 4.19. The van der Waals surface area contributed by atoms with E-state index in [1.54, 1.807) is 17.9 Å². The molecule has 7 nitrogen and oxygen atoms in total. The van der Waals surface area contributed by atoms with Crippen molar-refractivity contribution in [2.45, 2.75) is 0 Å². The molecule has 0 bridgehead atoms. The number of rotatable bonds is 3.